The standard InChI is InChI=1S/C21H19F3N4O/c22-21(23,24)17-7-9-18(10-8-17)28-20(29)26-11-1-2-15-3-5-16(6-4-15)12-19-13-25-14-27-19/h1-10,13-14H,11-12H2,(H,25,27)(H2,26,28,29)/b2-1+. The summed E-state index contributed by atoms with van der Waals surface area (Å²) in [5.74, 6) is 0. The molecule has 2 aromatic carbocycles. The maximum absolute atomic E-state index is 12.5. The van der Waals surface area contributed by atoms with E-state index in [1.165, 1.54) is 12.1 Å². The lowest BCUT2D eigenvalue weighted by atomic mass is 10.1. The fourth-order valence-corrected chi connectivity index (χ4v) is 2.61. The number of anilines is 1. The second-order valence-electron chi connectivity index (χ2n) is 6.31. The minimum atomic E-state index is -4.40. The number of aromatic amines is 1. The Labute approximate surface area is 165 Å². The van der Waals surface area contributed by atoms with Gasteiger partial charge in [-0.25, -0.2) is 9.78 Å². The topological polar surface area (TPSA) is 69.8 Å². The van der Waals surface area contributed by atoms with E-state index in [1.54, 1.807) is 18.6 Å². The largest absolute Gasteiger partial charge is 0.416 e. The van der Waals surface area contributed by atoms with Gasteiger partial charge in [-0.3, -0.25) is 0 Å². The van der Waals surface area contributed by atoms with Gasteiger partial charge >= 0.3 is 12.2 Å². The molecule has 3 rings (SSSR count). The van der Waals surface area contributed by atoms with Crippen molar-refractivity contribution in [2.45, 2.75) is 12.6 Å². The molecular weight excluding hydrogens is 381 g/mol. The Morgan fingerprint density at radius 3 is 2.41 bits per heavy atom. The van der Waals surface area contributed by atoms with Crippen molar-refractivity contribution in [3.05, 3.63) is 89.5 Å². The predicted octanol–water partition coefficient (Wildman–Crippen LogP) is 4.85. The highest BCUT2D eigenvalue weighted by atomic mass is 19.4. The number of carbonyl (C=O) groups is 1. The quantitative estimate of drug-likeness (QED) is 0.553. The molecule has 0 bridgehead atoms. The lowest BCUT2D eigenvalue weighted by molar-refractivity contribution is -0.137. The van der Waals surface area contributed by atoms with Crippen LogP contribution in [0.3, 0.4) is 0 Å². The number of amides is 2. The number of alkyl halides is 3. The van der Waals surface area contributed by atoms with Gasteiger partial charge in [-0.15, -0.1) is 0 Å². The van der Waals surface area contributed by atoms with Crippen LogP contribution in [0.5, 0.6) is 0 Å². The molecule has 2 amide bonds. The van der Waals surface area contributed by atoms with Gasteiger partial charge in [-0.2, -0.15) is 13.2 Å². The number of aromatic nitrogens is 2. The van der Waals surface area contributed by atoms with Gasteiger partial charge in [0.15, 0.2) is 0 Å². The number of nitrogens with zero attached hydrogens (tertiary/aromatic N) is 1. The molecule has 1 heterocycles. The summed E-state index contributed by atoms with van der Waals surface area (Å²) in [4.78, 5) is 18.9. The van der Waals surface area contributed by atoms with E-state index in [4.69, 9.17) is 0 Å². The average molecular weight is 400 g/mol. The van der Waals surface area contributed by atoms with Crippen LogP contribution >= 0.6 is 0 Å². The van der Waals surface area contributed by atoms with Crippen molar-refractivity contribution in [1.29, 1.82) is 0 Å². The van der Waals surface area contributed by atoms with Crippen LogP contribution in [-0.4, -0.2) is 22.5 Å². The molecule has 0 radical (unpaired) electrons. The van der Waals surface area contributed by atoms with E-state index in [2.05, 4.69) is 20.6 Å². The lowest BCUT2D eigenvalue weighted by Crippen LogP contribution is -2.28. The number of hydrogen-bond acceptors (Lipinski definition) is 2. The van der Waals surface area contributed by atoms with Gasteiger partial charge < -0.3 is 15.6 Å². The van der Waals surface area contributed by atoms with E-state index in [0.29, 0.717) is 0 Å². The molecule has 5 nitrogen and oxygen atoms in total. The van der Waals surface area contributed by atoms with Crippen molar-refractivity contribution in [3.8, 4) is 0 Å². The molecule has 29 heavy (non-hydrogen) atoms. The number of hydrogen-bond donors (Lipinski definition) is 3. The average Bonchev–Trinajstić information content (AvgIpc) is 3.19. The second-order valence-corrected chi connectivity index (χ2v) is 6.31. The Morgan fingerprint density at radius 1 is 1.07 bits per heavy atom. The van der Waals surface area contributed by atoms with Gasteiger partial charge in [0.2, 0.25) is 0 Å². The van der Waals surface area contributed by atoms with Crippen LogP contribution in [0.1, 0.15) is 22.4 Å². The molecular formula is C21H19F3N4O. The van der Waals surface area contributed by atoms with Gasteiger partial charge in [-0.05, 0) is 35.4 Å². The van der Waals surface area contributed by atoms with Crippen molar-refractivity contribution < 1.29 is 18.0 Å². The fourth-order valence-electron chi connectivity index (χ4n) is 2.61. The molecule has 1 aromatic heterocycles. The predicted molar refractivity (Wildman–Crippen MR) is 105 cm³/mol. The summed E-state index contributed by atoms with van der Waals surface area (Å²) >= 11 is 0. The lowest BCUT2D eigenvalue weighted by Gasteiger charge is -2.09. The first-order chi connectivity index (χ1) is 13.9. The third-order valence-electron chi connectivity index (χ3n) is 4.09. The molecule has 0 saturated carbocycles. The highest BCUT2D eigenvalue weighted by Crippen LogP contribution is 2.29. The zero-order valence-corrected chi connectivity index (χ0v) is 15.3. The molecule has 0 aliphatic rings. The van der Waals surface area contributed by atoms with E-state index in [9.17, 15) is 18.0 Å². The molecule has 0 unspecified atom stereocenters. The van der Waals surface area contributed by atoms with E-state index in [0.717, 1.165) is 35.4 Å². The molecule has 0 saturated heterocycles. The smallest absolute Gasteiger partial charge is 0.348 e. The molecule has 0 aliphatic heterocycles. The maximum atomic E-state index is 12.5. The summed E-state index contributed by atoms with van der Waals surface area (Å²) in [5, 5.41) is 5.11. The van der Waals surface area contributed by atoms with E-state index >= 15 is 0 Å². The summed E-state index contributed by atoms with van der Waals surface area (Å²) in [7, 11) is 0. The van der Waals surface area contributed by atoms with Gasteiger partial charge in [0.25, 0.3) is 0 Å². The zero-order valence-electron chi connectivity index (χ0n) is 15.3. The number of nitrogens with one attached hydrogen (secondary N) is 3. The van der Waals surface area contributed by atoms with Crippen molar-refractivity contribution in [2.75, 3.05) is 11.9 Å². The van der Waals surface area contributed by atoms with Crippen LogP contribution in [0.15, 0.2) is 67.1 Å². The van der Waals surface area contributed by atoms with Crippen molar-refractivity contribution in [2.24, 2.45) is 0 Å². The summed E-state index contributed by atoms with van der Waals surface area (Å²) in [5.41, 5.74) is 2.70. The normalized spacial score (nSPS) is 11.6. The number of imidazole rings is 1. The van der Waals surface area contributed by atoms with E-state index in [-0.39, 0.29) is 12.2 Å². The highest BCUT2D eigenvalue weighted by Gasteiger charge is 2.29. The summed E-state index contributed by atoms with van der Waals surface area (Å²) in [6.07, 6.45) is 3.47. The molecule has 3 aromatic rings. The zero-order chi connectivity index (χ0) is 20.7. The van der Waals surface area contributed by atoms with Crippen molar-refractivity contribution in [1.82, 2.24) is 15.3 Å². The van der Waals surface area contributed by atoms with Crippen LogP contribution in [0.2, 0.25) is 0 Å². The van der Waals surface area contributed by atoms with E-state index in [1.807, 2.05) is 30.3 Å². The monoisotopic (exact) mass is 400 g/mol. The molecule has 8 heteroatoms. The van der Waals surface area contributed by atoms with Crippen LogP contribution in [0.4, 0.5) is 23.7 Å². The first kappa shape index (κ1) is 20.2. The molecule has 0 fully saturated rings. The number of rotatable bonds is 6. The SMILES string of the molecule is O=C(NC/C=C/c1ccc(Cc2cnc[nH]2)cc1)Nc1ccc(C(F)(F)F)cc1. The van der Waals surface area contributed by atoms with Gasteiger partial charge in [0, 0.05) is 30.5 Å². The minimum Gasteiger partial charge on any atom is -0.348 e. The number of H-pyrrole nitrogens is 1. The third kappa shape index (κ3) is 6.24. The third-order valence-corrected chi connectivity index (χ3v) is 4.09. The van der Waals surface area contributed by atoms with Crippen LogP contribution in [0, 0.1) is 0 Å². The Hall–Kier alpha value is -3.55. The molecule has 3 N–H and O–H groups in total. The first-order valence-electron chi connectivity index (χ1n) is 8.85. The minimum absolute atomic E-state index is 0.280. The summed E-state index contributed by atoms with van der Waals surface area (Å²) in [6, 6.07) is 11.8. The summed E-state index contributed by atoms with van der Waals surface area (Å²) in [6.45, 7) is 0.280. The number of halogens is 3. The molecule has 0 aliphatic carbocycles. The van der Waals surface area contributed by atoms with Crippen LogP contribution < -0.4 is 10.6 Å². The van der Waals surface area contributed by atoms with Gasteiger partial charge in [-0.1, -0.05) is 36.4 Å². The van der Waals surface area contributed by atoms with Crippen molar-refractivity contribution >= 4 is 17.8 Å². The number of benzene rings is 2. The first-order valence-corrected chi connectivity index (χ1v) is 8.85. The number of urea groups is 1. The molecule has 150 valence electrons. The summed E-state index contributed by atoms with van der Waals surface area (Å²) < 4.78 is 37.6. The van der Waals surface area contributed by atoms with Crippen LogP contribution in [0.25, 0.3) is 6.08 Å². The maximum Gasteiger partial charge on any atom is 0.416 e. The Kier molecular flexibility index (Phi) is 6.33. The number of carbonyl (C=O) groups excluding carboxylic acids is 1. The molecule has 0 atom stereocenters. The Bertz CT molecular complexity index is 947. The van der Waals surface area contributed by atoms with Crippen LogP contribution in [-0.2, 0) is 12.6 Å². The fraction of sp³-hybridized carbons (Fsp3) is 0.143. The Balaban J connectivity index is 1.43. The second kappa shape index (κ2) is 9.09. The highest BCUT2D eigenvalue weighted by molar-refractivity contribution is 5.89. The van der Waals surface area contributed by atoms with Crippen molar-refractivity contribution in [3.63, 3.8) is 0 Å². The Morgan fingerprint density at radius 2 is 1.79 bits per heavy atom. The van der Waals surface area contributed by atoms with E-state index < -0.39 is 17.8 Å². The van der Waals surface area contributed by atoms with Gasteiger partial charge in [0.05, 0.1) is 11.9 Å². The van der Waals surface area contributed by atoms with Gasteiger partial charge in [0.1, 0.15) is 0 Å². The molecule has 0 spiro atoms.